The Balaban J connectivity index is 1.36. The van der Waals surface area contributed by atoms with Gasteiger partial charge in [0.25, 0.3) is 0 Å². The maximum absolute atomic E-state index is 5.62. The third-order valence-electron chi connectivity index (χ3n) is 4.02. The van der Waals surface area contributed by atoms with E-state index < -0.39 is 0 Å². The van der Waals surface area contributed by atoms with Crippen LogP contribution in [0.15, 0.2) is 36.9 Å². The molecule has 0 spiro atoms. The molecule has 124 valence electrons. The van der Waals surface area contributed by atoms with Crippen molar-refractivity contribution in [3.63, 3.8) is 0 Å². The zero-order valence-electron chi connectivity index (χ0n) is 13.2. The summed E-state index contributed by atoms with van der Waals surface area (Å²) in [6.45, 7) is 2.22. The maximum Gasteiger partial charge on any atom is 0.102 e. The van der Waals surface area contributed by atoms with Gasteiger partial charge in [-0.2, -0.15) is 5.10 Å². The van der Waals surface area contributed by atoms with E-state index in [1.165, 1.54) is 0 Å². The Labute approximate surface area is 139 Å². The normalized spacial score (nSPS) is 17.2. The molecular weight excluding hydrogens is 306 g/mol. The number of pyridine rings is 1. The van der Waals surface area contributed by atoms with Crippen LogP contribution in [0, 0.1) is 0 Å². The molecule has 0 radical (unpaired) electrons. The summed E-state index contributed by atoms with van der Waals surface area (Å²) >= 11 is 0. The first-order valence-corrected chi connectivity index (χ1v) is 8.06. The monoisotopic (exact) mass is 325 g/mol. The van der Waals surface area contributed by atoms with Crippen LogP contribution in [0.5, 0.6) is 0 Å². The number of aromatic amines is 1. The first kappa shape index (κ1) is 14.8. The van der Waals surface area contributed by atoms with Crippen LogP contribution in [-0.2, 0) is 17.8 Å². The van der Waals surface area contributed by atoms with Crippen molar-refractivity contribution in [1.29, 1.82) is 0 Å². The Morgan fingerprint density at radius 1 is 1.38 bits per heavy atom. The van der Waals surface area contributed by atoms with E-state index in [2.05, 4.69) is 30.8 Å². The largest absolute Gasteiger partial charge is 0.378 e. The van der Waals surface area contributed by atoms with Gasteiger partial charge in [0.1, 0.15) is 5.69 Å². The lowest BCUT2D eigenvalue weighted by atomic mass is 10.2. The number of hydrogen-bond acceptors (Lipinski definition) is 6. The number of aromatic nitrogens is 6. The van der Waals surface area contributed by atoms with Crippen molar-refractivity contribution in [2.75, 3.05) is 11.9 Å². The quantitative estimate of drug-likeness (QED) is 0.718. The third kappa shape index (κ3) is 3.43. The smallest absolute Gasteiger partial charge is 0.102 e. The first-order chi connectivity index (χ1) is 11.9. The average molecular weight is 325 g/mol. The number of nitrogens with one attached hydrogen (secondary N) is 2. The SMILES string of the molecule is c1cc(-c2cncc(NCc3cn(CC4CCCO4)nn3)c2)[nH]n1. The molecule has 0 bridgehead atoms. The molecule has 0 amide bonds. The lowest BCUT2D eigenvalue weighted by molar-refractivity contribution is 0.0935. The van der Waals surface area contributed by atoms with Crippen LogP contribution >= 0.6 is 0 Å². The van der Waals surface area contributed by atoms with Gasteiger partial charge >= 0.3 is 0 Å². The van der Waals surface area contributed by atoms with Crippen LogP contribution in [0.4, 0.5) is 5.69 Å². The first-order valence-electron chi connectivity index (χ1n) is 8.06. The van der Waals surface area contributed by atoms with E-state index in [4.69, 9.17) is 4.74 Å². The van der Waals surface area contributed by atoms with E-state index in [9.17, 15) is 0 Å². The Hall–Kier alpha value is -2.74. The van der Waals surface area contributed by atoms with E-state index in [-0.39, 0.29) is 6.10 Å². The number of anilines is 1. The standard InChI is InChI=1S/C16H19N7O/c1-2-15(24-5-1)11-23-10-14(20-22-23)9-18-13-6-12(7-17-8-13)16-3-4-19-21-16/h3-4,6-8,10,15,18H,1-2,5,9,11H2,(H,19,21). The minimum absolute atomic E-state index is 0.266. The summed E-state index contributed by atoms with van der Waals surface area (Å²) in [4.78, 5) is 4.26. The molecule has 3 aromatic heterocycles. The van der Waals surface area contributed by atoms with E-state index in [1.54, 1.807) is 18.6 Å². The van der Waals surface area contributed by atoms with E-state index in [0.717, 1.165) is 48.6 Å². The second kappa shape index (κ2) is 6.79. The fourth-order valence-electron chi connectivity index (χ4n) is 2.80. The van der Waals surface area contributed by atoms with Gasteiger partial charge in [-0.05, 0) is 25.0 Å². The molecule has 1 fully saturated rings. The van der Waals surface area contributed by atoms with Crippen molar-refractivity contribution < 1.29 is 4.74 Å². The Morgan fingerprint density at radius 3 is 3.21 bits per heavy atom. The molecule has 2 N–H and O–H groups in total. The summed E-state index contributed by atoms with van der Waals surface area (Å²) in [7, 11) is 0. The van der Waals surface area contributed by atoms with Gasteiger partial charge in [0, 0.05) is 30.8 Å². The highest BCUT2D eigenvalue weighted by atomic mass is 16.5. The van der Waals surface area contributed by atoms with Crippen molar-refractivity contribution in [3.05, 3.63) is 42.6 Å². The van der Waals surface area contributed by atoms with Crippen molar-refractivity contribution in [2.24, 2.45) is 0 Å². The van der Waals surface area contributed by atoms with Gasteiger partial charge in [0.05, 0.1) is 36.8 Å². The van der Waals surface area contributed by atoms with Gasteiger partial charge in [-0.1, -0.05) is 5.21 Å². The van der Waals surface area contributed by atoms with Gasteiger partial charge in [-0.15, -0.1) is 5.10 Å². The predicted octanol–water partition coefficient (Wildman–Crippen LogP) is 1.85. The number of hydrogen-bond donors (Lipinski definition) is 2. The van der Waals surface area contributed by atoms with Crippen LogP contribution < -0.4 is 5.32 Å². The minimum atomic E-state index is 0.266. The van der Waals surface area contributed by atoms with Gasteiger partial charge in [0.15, 0.2) is 0 Å². The van der Waals surface area contributed by atoms with E-state index in [0.29, 0.717) is 6.54 Å². The average Bonchev–Trinajstić information content (AvgIpc) is 3.37. The molecule has 0 aromatic carbocycles. The van der Waals surface area contributed by atoms with Crippen molar-refractivity contribution >= 4 is 5.69 Å². The predicted molar refractivity (Wildman–Crippen MR) is 88.1 cm³/mol. The summed E-state index contributed by atoms with van der Waals surface area (Å²) in [5, 5.41) is 18.6. The van der Waals surface area contributed by atoms with Crippen LogP contribution in [0.2, 0.25) is 0 Å². The molecule has 1 aliphatic heterocycles. The fourth-order valence-corrected chi connectivity index (χ4v) is 2.80. The second-order valence-corrected chi connectivity index (χ2v) is 5.85. The molecule has 4 rings (SSSR count). The van der Waals surface area contributed by atoms with E-state index >= 15 is 0 Å². The topological polar surface area (TPSA) is 93.5 Å². The van der Waals surface area contributed by atoms with Crippen molar-refractivity contribution in [2.45, 2.75) is 32.0 Å². The van der Waals surface area contributed by atoms with Gasteiger partial charge in [0.2, 0.25) is 0 Å². The number of ether oxygens (including phenoxy) is 1. The van der Waals surface area contributed by atoms with Crippen LogP contribution in [0.3, 0.4) is 0 Å². The Bertz CT molecular complexity index is 777. The van der Waals surface area contributed by atoms with Gasteiger partial charge in [-0.25, -0.2) is 4.68 Å². The fraction of sp³-hybridized carbons (Fsp3) is 0.375. The van der Waals surface area contributed by atoms with Gasteiger partial charge < -0.3 is 10.1 Å². The van der Waals surface area contributed by atoms with Crippen molar-refractivity contribution in [1.82, 2.24) is 30.2 Å². The highest BCUT2D eigenvalue weighted by Crippen LogP contribution is 2.19. The Kier molecular flexibility index (Phi) is 4.20. The molecular formula is C16H19N7O. The lowest BCUT2D eigenvalue weighted by Crippen LogP contribution is -2.15. The van der Waals surface area contributed by atoms with Gasteiger partial charge in [-0.3, -0.25) is 10.1 Å². The second-order valence-electron chi connectivity index (χ2n) is 5.85. The molecule has 1 atom stereocenters. The summed E-state index contributed by atoms with van der Waals surface area (Å²) in [5.74, 6) is 0. The highest BCUT2D eigenvalue weighted by molar-refractivity contribution is 5.62. The molecule has 8 heteroatoms. The molecule has 3 aromatic rings. The zero-order valence-corrected chi connectivity index (χ0v) is 13.2. The summed E-state index contributed by atoms with van der Waals surface area (Å²) in [5.41, 5.74) is 3.74. The molecule has 24 heavy (non-hydrogen) atoms. The molecule has 1 aliphatic rings. The van der Waals surface area contributed by atoms with Crippen LogP contribution in [0.25, 0.3) is 11.3 Å². The number of nitrogens with zero attached hydrogens (tertiary/aromatic N) is 5. The molecule has 4 heterocycles. The molecule has 0 saturated carbocycles. The summed E-state index contributed by atoms with van der Waals surface area (Å²) in [6, 6.07) is 3.94. The van der Waals surface area contributed by atoms with Crippen molar-refractivity contribution in [3.8, 4) is 11.3 Å². The van der Waals surface area contributed by atoms with Crippen LogP contribution in [-0.4, -0.2) is 42.9 Å². The number of H-pyrrole nitrogens is 1. The molecule has 0 aliphatic carbocycles. The minimum Gasteiger partial charge on any atom is -0.378 e. The zero-order chi connectivity index (χ0) is 16.2. The summed E-state index contributed by atoms with van der Waals surface area (Å²) < 4.78 is 7.48. The molecule has 8 nitrogen and oxygen atoms in total. The highest BCUT2D eigenvalue weighted by Gasteiger charge is 2.16. The van der Waals surface area contributed by atoms with E-state index in [1.807, 2.05) is 23.0 Å². The lowest BCUT2D eigenvalue weighted by Gasteiger charge is -2.07. The third-order valence-corrected chi connectivity index (χ3v) is 4.02. The van der Waals surface area contributed by atoms with Crippen LogP contribution in [0.1, 0.15) is 18.5 Å². The molecule has 1 saturated heterocycles. The Morgan fingerprint density at radius 2 is 2.38 bits per heavy atom. The summed E-state index contributed by atoms with van der Waals surface area (Å²) in [6.07, 6.45) is 9.77. The molecule has 1 unspecified atom stereocenters. The maximum atomic E-state index is 5.62. The number of rotatable bonds is 6.